The standard InChI is InChI=1S/C11H15BrN2O/c1-7-4-10(12)5-9(6-13-3)11(7)14-8(2)15/h4-5,13H,6H2,1-3H3,(H,14,15). The van der Waals surface area contributed by atoms with E-state index in [0.717, 1.165) is 27.8 Å². The molecular formula is C11H15BrN2O. The van der Waals surface area contributed by atoms with Crippen molar-refractivity contribution in [1.29, 1.82) is 0 Å². The van der Waals surface area contributed by atoms with Crippen LogP contribution in [-0.2, 0) is 11.3 Å². The molecule has 0 atom stereocenters. The number of nitrogens with one attached hydrogen (secondary N) is 2. The Kier molecular flexibility index (Phi) is 4.29. The van der Waals surface area contributed by atoms with E-state index in [4.69, 9.17) is 0 Å². The highest BCUT2D eigenvalue weighted by atomic mass is 79.9. The highest BCUT2D eigenvalue weighted by Gasteiger charge is 2.08. The van der Waals surface area contributed by atoms with Gasteiger partial charge >= 0.3 is 0 Å². The number of benzene rings is 1. The Morgan fingerprint density at radius 3 is 2.67 bits per heavy atom. The lowest BCUT2D eigenvalue weighted by molar-refractivity contribution is -0.114. The average Bonchev–Trinajstić information content (AvgIpc) is 2.11. The van der Waals surface area contributed by atoms with Gasteiger partial charge in [-0.15, -0.1) is 0 Å². The molecule has 0 aliphatic carbocycles. The Balaban J connectivity index is 3.14. The molecular weight excluding hydrogens is 256 g/mol. The summed E-state index contributed by atoms with van der Waals surface area (Å²) in [7, 11) is 1.88. The molecule has 0 aromatic heterocycles. The van der Waals surface area contributed by atoms with E-state index in [2.05, 4.69) is 26.6 Å². The quantitative estimate of drug-likeness (QED) is 0.886. The summed E-state index contributed by atoms with van der Waals surface area (Å²) >= 11 is 3.44. The van der Waals surface area contributed by atoms with Crippen LogP contribution in [0.15, 0.2) is 16.6 Å². The van der Waals surface area contributed by atoms with Crippen LogP contribution in [0, 0.1) is 6.92 Å². The summed E-state index contributed by atoms with van der Waals surface area (Å²) in [5.74, 6) is -0.0437. The Bertz CT molecular complexity index is 377. The Labute approximate surface area is 98.4 Å². The first kappa shape index (κ1) is 12.2. The Morgan fingerprint density at radius 2 is 2.13 bits per heavy atom. The third kappa shape index (κ3) is 3.32. The van der Waals surface area contributed by atoms with E-state index < -0.39 is 0 Å². The number of aryl methyl sites for hydroxylation is 1. The number of carbonyl (C=O) groups is 1. The maximum absolute atomic E-state index is 11.1. The van der Waals surface area contributed by atoms with Crippen LogP contribution in [-0.4, -0.2) is 13.0 Å². The van der Waals surface area contributed by atoms with Crippen LogP contribution in [0.25, 0.3) is 0 Å². The first-order valence-corrected chi connectivity index (χ1v) is 5.55. The van der Waals surface area contributed by atoms with Crippen molar-refractivity contribution in [3.63, 3.8) is 0 Å². The molecule has 1 amide bonds. The van der Waals surface area contributed by atoms with Gasteiger partial charge in [0.15, 0.2) is 0 Å². The zero-order valence-electron chi connectivity index (χ0n) is 9.15. The molecule has 0 saturated carbocycles. The molecule has 0 spiro atoms. The highest BCUT2D eigenvalue weighted by molar-refractivity contribution is 9.10. The van der Waals surface area contributed by atoms with Crippen LogP contribution in [0.4, 0.5) is 5.69 Å². The molecule has 0 heterocycles. The fourth-order valence-electron chi connectivity index (χ4n) is 1.50. The van der Waals surface area contributed by atoms with E-state index in [1.165, 1.54) is 6.92 Å². The van der Waals surface area contributed by atoms with Crippen LogP contribution in [0.2, 0.25) is 0 Å². The molecule has 1 aromatic rings. The molecule has 0 radical (unpaired) electrons. The zero-order chi connectivity index (χ0) is 11.4. The van der Waals surface area contributed by atoms with Gasteiger partial charge in [-0.3, -0.25) is 4.79 Å². The second kappa shape index (κ2) is 5.28. The summed E-state index contributed by atoms with van der Waals surface area (Å²) in [6.07, 6.45) is 0. The predicted octanol–water partition coefficient (Wildman–Crippen LogP) is 2.44. The minimum atomic E-state index is -0.0437. The van der Waals surface area contributed by atoms with Gasteiger partial charge in [0.1, 0.15) is 0 Å². The summed E-state index contributed by atoms with van der Waals surface area (Å²) in [4.78, 5) is 11.1. The SMILES string of the molecule is CNCc1cc(Br)cc(C)c1NC(C)=O. The molecule has 2 N–H and O–H groups in total. The summed E-state index contributed by atoms with van der Waals surface area (Å²) in [5, 5.41) is 5.93. The van der Waals surface area contributed by atoms with Crippen molar-refractivity contribution in [2.45, 2.75) is 20.4 Å². The lowest BCUT2D eigenvalue weighted by Gasteiger charge is -2.13. The van der Waals surface area contributed by atoms with Gasteiger partial charge in [-0.1, -0.05) is 15.9 Å². The first-order valence-electron chi connectivity index (χ1n) is 4.75. The molecule has 15 heavy (non-hydrogen) atoms. The smallest absolute Gasteiger partial charge is 0.221 e. The van der Waals surface area contributed by atoms with Gasteiger partial charge < -0.3 is 10.6 Å². The molecule has 3 nitrogen and oxygen atoms in total. The molecule has 0 bridgehead atoms. The highest BCUT2D eigenvalue weighted by Crippen LogP contribution is 2.25. The Hall–Kier alpha value is -0.870. The van der Waals surface area contributed by atoms with Gasteiger partial charge in [0.05, 0.1) is 0 Å². The summed E-state index contributed by atoms with van der Waals surface area (Å²) < 4.78 is 1.03. The summed E-state index contributed by atoms with van der Waals surface area (Å²) in [6.45, 7) is 4.23. The lowest BCUT2D eigenvalue weighted by atomic mass is 10.1. The van der Waals surface area contributed by atoms with Crippen LogP contribution >= 0.6 is 15.9 Å². The van der Waals surface area contributed by atoms with E-state index in [-0.39, 0.29) is 5.91 Å². The third-order valence-corrected chi connectivity index (χ3v) is 2.51. The minimum Gasteiger partial charge on any atom is -0.326 e. The molecule has 0 unspecified atom stereocenters. The fraction of sp³-hybridized carbons (Fsp3) is 0.364. The van der Waals surface area contributed by atoms with Gasteiger partial charge in [0, 0.05) is 23.6 Å². The number of halogens is 1. The molecule has 1 aromatic carbocycles. The largest absolute Gasteiger partial charge is 0.326 e. The molecule has 82 valence electrons. The normalized spacial score (nSPS) is 10.1. The van der Waals surface area contributed by atoms with Crippen molar-refractivity contribution in [3.05, 3.63) is 27.7 Å². The van der Waals surface area contributed by atoms with Gasteiger partial charge in [-0.05, 0) is 37.2 Å². The van der Waals surface area contributed by atoms with Gasteiger partial charge in [-0.25, -0.2) is 0 Å². The zero-order valence-corrected chi connectivity index (χ0v) is 10.7. The Morgan fingerprint density at radius 1 is 1.47 bits per heavy atom. The second-order valence-electron chi connectivity index (χ2n) is 3.47. The molecule has 0 aliphatic rings. The maximum atomic E-state index is 11.1. The monoisotopic (exact) mass is 270 g/mol. The van der Waals surface area contributed by atoms with Crippen LogP contribution < -0.4 is 10.6 Å². The van der Waals surface area contributed by atoms with E-state index in [9.17, 15) is 4.79 Å². The summed E-state index contributed by atoms with van der Waals surface area (Å²) in [5.41, 5.74) is 3.05. The number of amides is 1. The summed E-state index contributed by atoms with van der Waals surface area (Å²) in [6, 6.07) is 4.00. The second-order valence-corrected chi connectivity index (χ2v) is 4.38. The van der Waals surface area contributed by atoms with E-state index in [0.29, 0.717) is 0 Å². The van der Waals surface area contributed by atoms with Crippen molar-refractivity contribution in [2.24, 2.45) is 0 Å². The van der Waals surface area contributed by atoms with Gasteiger partial charge in [-0.2, -0.15) is 0 Å². The van der Waals surface area contributed by atoms with Gasteiger partial charge in [0.25, 0.3) is 0 Å². The number of rotatable bonds is 3. The number of hydrogen-bond donors (Lipinski definition) is 2. The van der Waals surface area contributed by atoms with E-state index >= 15 is 0 Å². The first-order chi connectivity index (χ1) is 7.04. The predicted molar refractivity (Wildman–Crippen MR) is 65.9 cm³/mol. The molecule has 0 aliphatic heterocycles. The van der Waals surface area contributed by atoms with Crippen molar-refractivity contribution in [2.75, 3.05) is 12.4 Å². The topological polar surface area (TPSA) is 41.1 Å². The van der Waals surface area contributed by atoms with Crippen LogP contribution in [0.5, 0.6) is 0 Å². The molecule has 1 rings (SSSR count). The van der Waals surface area contributed by atoms with Crippen molar-refractivity contribution in [3.8, 4) is 0 Å². The van der Waals surface area contributed by atoms with E-state index in [1.807, 2.05) is 26.1 Å². The number of hydrogen-bond acceptors (Lipinski definition) is 2. The molecule has 0 fully saturated rings. The van der Waals surface area contributed by atoms with Crippen molar-refractivity contribution in [1.82, 2.24) is 5.32 Å². The number of anilines is 1. The average molecular weight is 271 g/mol. The fourth-order valence-corrected chi connectivity index (χ4v) is 2.12. The van der Waals surface area contributed by atoms with Crippen molar-refractivity contribution < 1.29 is 4.79 Å². The van der Waals surface area contributed by atoms with E-state index in [1.54, 1.807) is 0 Å². The number of carbonyl (C=O) groups excluding carboxylic acids is 1. The molecule has 4 heteroatoms. The lowest BCUT2D eigenvalue weighted by Crippen LogP contribution is -2.13. The van der Waals surface area contributed by atoms with Crippen molar-refractivity contribution >= 4 is 27.5 Å². The molecule has 0 saturated heterocycles. The van der Waals surface area contributed by atoms with Crippen LogP contribution in [0.3, 0.4) is 0 Å². The maximum Gasteiger partial charge on any atom is 0.221 e. The van der Waals surface area contributed by atoms with Gasteiger partial charge in [0.2, 0.25) is 5.91 Å². The minimum absolute atomic E-state index is 0.0437. The van der Waals surface area contributed by atoms with Crippen LogP contribution in [0.1, 0.15) is 18.1 Å². The third-order valence-electron chi connectivity index (χ3n) is 2.05.